The van der Waals surface area contributed by atoms with Gasteiger partial charge in [-0.05, 0) is 11.1 Å². The number of likely N-dealkylation sites (N-methyl/N-ethyl adjacent to an activating group) is 1. The summed E-state index contributed by atoms with van der Waals surface area (Å²) in [5, 5.41) is 0. The minimum Gasteiger partial charge on any atom is -0.334 e. The summed E-state index contributed by atoms with van der Waals surface area (Å²) in [6.07, 6.45) is 4.14. The highest BCUT2D eigenvalue weighted by molar-refractivity contribution is 5.90. The average Bonchev–Trinajstić information content (AvgIpc) is 2.24. The molecule has 14 heavy (non-hydrogen) atoms. The zero-order valence-corrected chi connectivity index (χ0v) is 7.97. The van der Waals surface area contributed by atoms with Crippen LogP contribution in [0.5, 0.6) is 0 Å². The Kier molecular flexibility index (Phi) is 1.38. The molecule has 3 aliphatic rings. The van der Waals surface area contributed by atoms with Gasteiger partial charge in [0.2, 0.25) is 5.91 Å². The lowest BCUT2D eigenvalue weighted by atomic mass is 9.80. The van der Waals surface area contributed by atoms with E-state index in [2.05, 4.69) is 18.2 Å². The summed E-state index contributed by atoms with van der Waals surface area (Å²) in [5.41, 5.74) is 2.46. The number of benzene rings is 1. The van der Waals surface area contributed by atoms with E-state index in [1.807, 2.05) is 30.2 Å². The van der Waals surface area contributed by atoms with Crippen molar-refractivity contribution in [1.82, 2.24) is 4.90 Å². The lowest BCUT2D eigenvalue weighted by Crippen LogP contribution is -2.41. The highest BCUT2D eigenvalue weighted by Gasteiger charge is 2.38. The quantitative estimate of drug-likeness (QED) is 0.565. The van der Waals surface area contributed by atoms with Crippen LogP contribution in [0.3, 0.4) is 0 Å². The Morgan fingerprint density at radius 3 is 2.64 bits per heavy atom. The van der Waals surface area contributed by atoms with Crippen LogP contribution in [0.25, 0.3) is 0 Å². The van der Waals surface area contributed by atoms with Gasteiger partial charge < -0.3 is 4.90 Å². The fourth-order valence-electron chi connectivity index (χ4n) is 2.40. The molecular formula is C12H11NO. The number of fused-ring (bicyclic) bond motifs is 1. The molecule has 2 atom stereocenters. The van der Waals surface area contributed by atoms with E-state index in [-0.39, 0.29) is 17.9 Å². The molecule has 70 valence electrons. The Labute approximate surface area is 82.8 Å². The van der Waals surface area contributed by atoms with Gasteiger partial charge in [-0.1, -0.05) is 36.4 Å². The molecule has 0 unspecified atom stereocenters. The van der Waals surface area contributed by atoms with E-state index in [9.17, 15) is 4.79 Å². The molecule has 0 N–H and O–H groups in total. The molecule has 2 heterocycles. The molecule has 2 aliphatic heterocycles. The first-order valence-electron chi connectivity index (χ1n) is 4.83. The maximum Gasteiger partial charge on any atom is 0.234 e. The number of nitrogens with zero attached hydrogens (tertiary/aromatic N) is 1. The predicted octanol–water partition coefficient (Wildman–Crippen LogP) is 1.85. The molecule has 1 amide bonds. The summed E-state index contributed by atoms with van der Waals surface area (Å²) < 4.78 is 0. The Morgan fingerprint density at radius 2 is 1.86 bits per heavy atom. The second-order valence-corrected chi connectivity index (χ2v) is 3.89. The van der Waals surface area contributed by atoms with Crippen LogP contribution in [0.1, 0.15) is 23.1 Å². The number of rotatable bonds is 0. The SMILES string of the molecule is CN1C(=O)[C@@H]2C=C[C@@H]1c1ccccc12. The largest absolute Gasteiger partial charge is 0.334 e. The van der Waals surface area contributed by atoms with Crippen LogP contribution in [0.15, 0.2) is 36.4 Å². The molecule has 2 nitrogen and oxygen atoms in total. The highest BCUT2D eigenvalue weighted by Crippen LogP contribution is 2.41. The first kappa shape index (κ1) is 7.80. The molecule has 0 saturated heterocycles. The van der Waals surface area contributed by atoms with Gasteiger partial charge in [0.1, 0.15) is 0 Å². The summed E-state index contributed by atoms with van der Waals surface area (Å²) in [6.45, 7) is 0. The van der Waals surface area contributed by atoms with Gasteiger partial charge in [-0.15, -0.1) is 0 Å². The fraction of sp³-hybridized carbons (Fsp3) is 0.250. The number of hydrogen-bond acceptors (Lipinski definition) is 1. The first-order chi connectivity index (χ1) is 6.79. The third-order valence-electron chi connectivity index (χ3n) is 3.17. The van der Waals surface area contributed by atoms with Crippen molar-refractivity contribution in [2.45, 2.75) is 12.0 Å². The molecule has 1 aliphatic carbocycles. The molecule has 2 heteroatoms. The maximum atomic E-state index is 11.8. The van der Waals surface area contributed by atoms with E-state index >= 15 is 0 Å². The minimum absolute atomic E-state index is 0.0406. The van der Waals surface area contributed by atoms with Gasteiger partial charge in [0, 0.05) is 7.05 Å². The van der Waals surface area contributed by atoms with Crippen molar-refractivity contribution in [3.8, 4) is 0 Å². The van der Waals surface area contributed by atoms with E-state index in [1.165, 1.54) is 11.1 Å². The monoisotopic (exact) mass is 185 g/mol. The van der Waals surface area contributed by atoms with Crippen LogP contribution in [-0.2, 0) is 4.79 Å². The normalized spacial score (nSPS) is 28.1. The number of amides is 1. The summed E-state index contributed by atoms with van der Waals surface area (Å²) in [6, 6.07) is 8.36. The van der Waals surface area contributed by atoms with E-state index in [0.717, 1.165) is 0 Å². The van der Waals surface area contributed by atoms with Crippen LogP contribution in [-0.4, -0.2) is 17.9 Å². The zero-order chi connectivity index (χ0) is 9.71. The zero-order valence-electron chi connectivity index (χ0n) is 7.97. The van der Waals surface area contributed by atoms with Crippen LogP contribution < -0.4 is 0 Å². The van der Waals surface area contributed by atoms with Crippen LogP contribution in [0.2, 0.25) is 0 Å². The van der Waals surface area contributed by atoms with E-state index in [1.54, 1.807) is 0 Å². The standard InChI is InChI=1S/C12H11NO/c1-13-11-7-6-10(12(13)14)8-4-2-3-5-9(8)11/h2-7,10-11H,1H3/t10-,11-/m1/s1. The van der Waals surface area contributed by atoms with Crippen molar-refractivity contribution in [2.24, 2.45) is 0 Å². The van der Waals surface area contributed by atoms with Crippen molar-refractivity contribution in [1.29, 1.82) is 0 Å². The van der Waals surface area contributed by atoms with Gasteiger partial charge in [0.15, 0.2) is 0 Å². The Bertz CT molecular complexity index is 436. The molecule has 2 bridgehead atoms. The van der Waals surface area contributed by atoms with Crippen LogP contribution in [0, 0.1) is 0 Å². The minimum atomic E-state index is -0.0406. The first-order valence-corrected chi connectivity index (χ1v) is 4.83. The number of hydrogen-bond donors (Lipinski definition) is 0. The average molecular weight is 185 g/mol. The molecule has 0 aromatic heterocycles. The lowest BCUT2D eigenvalue weighted by molar-refractivity contribution is -0.133. The lowest BCUT2D eigenvalue weighted by Gasteiger charge is -2.40. The third kappa shape index (κ3) is 0.782. The Hall–Kier alpha value is -1.57. The maximum absolute atomic E-state index is 11.8. The molecule has 4 rings (SSSR count). The molecule has 1 aromatic rings. The third-order valence-corrected chi connectivity index (χ3v) is 3.17. The van der Waals surface area contributed by atoms with Gasteiger partial charge in [-0.3, -0.25) is 4.79 Å². The van der Waals surface area contributed by atoms with Crippen molar-refractivity contribution in [3.63, 3.8) is 0 Å². The van der Waals surface area contributed by atoms with Crippen molar-refractivity contribution in [2.75, 3.05) is 7.05 Å². The molecule has 0 fully saturated rings. The smallest absolute Gasteiger partial charge is 0.234 e. The molecule has 0 saturated carbocycles. The van der Waals surface area contributed by atoms with Gasteiger partial charge in [0.05, 0.1) is 12.0 Å². The van der Waals surface area contributed by atoms with E-state index in [0.29, 0.717) is 0 Å². The second kappa shape index (κ2) is 2.47. The summed E-state index contributed by atoms with van der Waals surface area (Å²) >= 11 is 0. The summed E-state index contributed by atoms with van der Waals surface area (Å²) in [5.74, 6) is 0.178. The highest BCUT2D eigenvalue weighted by atomic mass is 16.2. The molecule has 0 spiro atoms. The molecule has 0 radical (unpaired) electrons. The summed E-state index contributed by atoms with van der Waals surface area (Å²) in [4.78, 5) is 13.7. The fourth-order valence-corrected chi connectivity index (χ4v) is 2.40. The van der Waals surface area contributed by atoms with E-state index < -0.39 is 0 Å². The van der Waals surface area contributed by atoms with Crippen LogP contribution in [0.4, 0.5) is 0 Å². The number of carbonyl (C=O) groups excluding carboxylic acids is 1. The predicted molar refractivity (Wildman–Crippen MR) is 53.8 cm³/mol. The Morgan fingerprint density at radius 1 is 1.14 bits per heavy atom. The molecule has 1 aromatic carbocycles. The van der Waals surface area contributed by atoms with Gasteiger partial charge >= 0.3 is 0 Å². The van der Waals surface area contributed by atoms with Crippen molar-refractivity contribution >= 4 is 5.91 Å². The van der Waals surface area contributed by atoms with E-state index in [4.69, 9.17) is 0 Å². The Balaban J connectivity index is 2.26. The van der Waals surface area contributed by atoms with Crippen LogP contribution >= 0.6 is 0 Å². The summed E-state index contributed by atoms with van der Waals surface area (Å²) in [7, 11) is 1.87. The van der Waals surface area contributed by atoms with Gasteiger partial charge in [-0.2, -0.15) is 0 Å². The van der Waals surface area contributed by atoms with Gasteiger partial charge in [-0.25, -0.2) is 0 Å². The topological polar surface area (TPSA) is 20.3 Å². The second-order valence-electron chi connectivity index (χ2n) is 3.89. The molecular weight excluding hydrogens is 174 g/mol. The van der Waals surface area contributed by atoms with Crippen molar-refractivity contribution in [3.05, 3.63) is 47.5 Å². The van der Waals surface area contributed by atoms with Gasteiger partial charge in [0.25, 0.3) is 0 Å². The number of carbonyl (C=O) groups is 1. The van der Waals surface area contributed by atoms with Crippen molar-refractivity contribution < 1.29 is 4.79 Å².